The van der Waals surface area contributed by atoms with E-state index in [1.165, 1.54) is 45.2 Å². The Labute approximate surface area is 146 Å². The number of fused-ring (bicyclic) bond motifs is 2. The van der Waals surface area contributed by atoms with Crippen molar-refractivity contribution in [2.24, 2.45) is 29.4 Å². The first-order valence-corrected chi connectivity index (χ1v) is 8.41. The summed E-state index contributed by atoms with van der Waals surface area (Å²) in [6, 6.07) is 0.115. The Morgan fingerprint density at radius 3 is 2.59 bits per heavy atom. The Hall–Kier alpha value is -0.0300. The summed E-state index contributed by atoms with van der Waals surface area (Å²) < 4.78 is 0. The van der Waals surface area contributed by atoms with Crippen molar-refractivity contribution in [1.82, 2.24) is 10.2 Å². The lowest BCUT2D eigenvalue weighted by Gasteiger charge is -2.31. The van der Waals surface area contributed by atoms with Crippen LogP contribution in [0.3, 0.4) is 0 Å². The van der Waals surface area contributed by atoms with E-state index in [4.69, 9.17) is 5.73 Å². The molecular formula is C16H31Cl2N3O. The number of piperidine rings is 1. The second-order valence-corrected chi connectivity index (χ2v) is 7.28. The molecule has 1 amide bonds. The van der Waals surface area contributed by atoms with Crippen LogP contribution in [0.15, 0.2) is 0 Å². The maximum atomic E-state index is 12.3. The maximum Gasteiger partial charge on any atom is 0.225 e. The lowest BCUT2D eigenvalue weighted by atomic mass is 9.84. The molecule has 2 saturated carbocycles. The minimum Gasteiger partial charge on any atom is -0.355 e. The quantitative estimate of drug-likeness (QED) is 0.814. The molecule has 6 heteroatoms. The molecule has 130 valence electrons. The van der Waals surface area contributed by atoms with Crippen LogP contribution >= 0.6 is 24.8 Å². The number of likely N-dealkylation sites (tertiary alicyclic amines) is 1. The van der Waals surface area contributed by atoms with Crippen LogP contribution in [0.2, 0.25) is 0 Å². The highest BCUT2D eigenvalue weighted by Gasteiger charge is 2.48. The van der Waals surface area contributed by atoms with Gasteiger partial charge in [-0.1, -0.05) is 6.92 Å². The fourth-order valence-electron chi connectivity index (χ4n) is 4.67. The number of nitrogens with zero attached hydrogens (tertiary/aromatic N) is 1. The standard InChI is InChI=1S/C16H29N3O.2ClH/c1-11-3-2-7-19(10-11)8-6-18-16(20)14-12-4-5-13(9-12)15(14)17;;/h11-15H,2-10,17H2,1H3,(H,18,20);2*1H. The molecule has 1 heterocycles. The van der Waals surface area contributed by atoms with Gasteiger partial charge < -0.3 is 16.0 Å². The fraction of sp³-hybridized carbons (Fsp3) is 0.938. The summed E-state index contributed by atoms with van der Waals surface area (Å²) in [5, 5.41) is 3.14. The van der Waals surface area contributed by atoms with Crippen molar-refractivity contribution in [1.29, 1.82) is 0 Å². The van der Waals surface area contributed by atoms with Crippen molar-refractivity contribution < 1.29 is 4.79 Å². The smallest absolute Gasteiger partial charge is 0.225 e. The normalized spacial score (nSPS) is 37.3. The van der Waals surface area contributed by atoms with Gasteiger partial charge in [0.25, 0.3) is 0 Å². The predicted molar refractivity (Wildman–Crippen MR) is 94.6 cm³/mol. The van der Waals surface area contributed by atoms with E-state index in [2.05, 4.69) is 17.1 Å². The van der Waals surface area contributed by atoms with Gasteiger partial charge in [0, 0.05) is 25.7 Å². The highest BCUT2D eigenvalue weighted by atomic mass is 35.5. The lowest BCUT2D eigenvalue weighted by molar-refractivity contribution is -0.127. The minimum atomic E-state index is 0. The summed E-state index contributed by atoms with van der Waals surface area (Å²) in [7, 11) is 0. The van der Waals surface area contributed by atoms with Gasteiger partial charge in [0.1, 0.15) is 0 Å². The first kappa shape index (κ1) is 20.0. The summed E-state index contributed by atoms with van der Waals surface area (Å²) in [5.41, 5.74) is 6.23. The Morgan fingerprint density at radius 2 is 1.95 bits per heavy atom. The maximum absolute atomic E-state index is 12.3. The van der Waals surface area contributed by atoms with Gasteiger partial charge in [-0.2, -0.15) is 0 Å². The van der Waals surface area contributed by atoms with Gasteiger partial charge in [0.15, 0.2) is 0 Å². The highest BCUT2D eigenvalue weighted by molar-refractivity contribution is 5.85. The Balaban J connectivity index is 0.00000121. The van der Waals surface area contributed by atoms with Crippen LogP contribution in [0, 0.1) is 23.7 Å². The summed E-state index contributed by atoms with van der Waals surface area (Å²) >= 11 is 0. The van der Waals surface area contributed by atoms with Crippen molar-refractivity contribution in [2.45, 2.75) is 45.1 Å². The van der Waals surface area contributed by atoms with Crippen LogP contribution in [-0.4, -0.2) is 43.0 Å². The number of halogens is 2. The number of nitrogens with one attached hydrogen (secondary N) is 1. The first-order valence-electron chi connectivity index (χ1n) is 8.41. The molecule has 1 saturated heterocycles. The molecule has 5 unspecified atom stereocenters. The minimum absolute atomic E-state index is 0. The zero-order valence-corrected chi connectivity index (χ0v) is 15.1. The molecule has 0 aromatic carbocycles. The molecule has 0 aromatic heterocycles. The number of hydrogen-bond donors (Lipinski definition) is 2. The second kappa shape index (κ2) is 8.72. The number of carbonyl (C=O) groups excluding carboxylic acids is 1. The third-order valence-electron chi connectivity index (χ3n) is 5.75. The average molecular weight is 352 g/mol. The van der Waals surface area contributed by atoms with Crippen molar-refractivity contribution in [3.05, 3.63) is 0 Å². The molecule has 3 fully saturated rings. The molecule has 2 bridgehead atoms. The van der Waals surface area contributed by atoms with E-state index in [0.29, 0.717) is 11.8 Å². The van der Waals surface area contributed by atoms with Crippen LogP contribution < -0.4 is 11.1 Å². The summed E-state index contributed by atoms with van der Waals surface area (Å²) in [4.78, 5) is 14.8. The molecule has 3 N–H and O–H groups in total. The van der Waals surface area contributed by atoms with E-state index in [1.807, 2.05) is 0 Å². The van der Waals surface area contributed by atoms with Gasteiger partial charge in [-0.05, 0) is 56.4 Å². The molecule has 4 nitrogen and oxygen atoms in total. The van der Waals surface area contributed by atoms with Crippen LogP contribution in [0.5, 0.6) is 0 Å². The number of rotatable bonds is 4. The van der Waals surface area contributed by atoms with E-state index in [-0.39, 0.29) is 42.7 Å². The number of hydrogen-bond acceptors (Lipinski definition) is 3. The molecule has 0 radical (unpaired) electrons. The van der Waals surface area contributed by atoms with Gasteiger partial charge >= 0.3 is 0 Å². The monoisotopic (exact) mass is 351 g/mol. The molecule has 3 rings (SSSR count). The summed E-state index contributed by atoms with van der Waals surface area (Å²) in [6.07, 6.45) is 6.28. The fourth-order valence-corrected chi connectivity index (χ4v) is 4.67. The Bertz CT molecular complexity index is 367. The Morgan fingerprint density at radius 1 is 1.23 bits per heavy atom. The molecule has 1 aliphatic heterocycles. The number of carbonyl (C=O) groups is 1. The van der Waals surface area contributed by atoms with Crippen molar-refractivity contribution in [3.8, 4) is 0 Å². The molecule has 5 atom stereocenters. The summed E-state index contributed by atoms with van der Waals surface area (Å²) in [6.45, 7) is 6.47. The van der Waals surface area contributed by atoms with Crippen molar-refractivity contribution in [2.75, 3.05) is 26.2 Å². The van der Waals surface area contributed by atoms with Gasteiger partial charge in [0.2, 0.25) is 5.91 Å². The Kier molecular flexibility index (Phi) is 7.93. The van der Waals surface area contributed by atoms with E-state index in [9.17, 15) is 4.79 Å². The molecule has 2 aliphatic carbocycles. The topological polar surface area (TPSA) is 58.4 Å². The molecule has 22 heavy (non-hydrogen) atoms. The average Bonchev–Trinajstić information content (AvgIpc) is 2.99. The molecule has 0 spiro atoms. The zero-order valence-electron chi connectivity index (χ0n) is 13.5. The van der Waals surface area contributed by atoms with E-state index in [1.54, 1.807) is 0 Å². The van der Waals surface area contributed by atoms with Gasteiger partial charge in [0.05, 0.1) is 5.92 Å². The number of nitrogens with two attached hydrogens (primary N) is 1. The molecule has 3 aliphatic rings. The van der Waals surface area contributed by atoms with E-state index >= 15 is 0 Å². The van der Waals surface area contributed by atoms with Crippen molar-refractivity contribution in [3.63, 3.8) is 0 Å². The predicted octanol–water partition coefficient (Wildman–Crippen LogP) is 2.05. The second-order valence-electron chi connectivity index (χ2n) is 7.28. The van der Waals surface area contributed by atoms with Gasteiger partial charge in [-0.15, -0.1) is 24.8 Å². The number of amides is 1. The lowest BCUT2D eigenvalue weighted by Crippen LogP contribution is -2.47. The molecular weight excluding hydrogens is 321 g/mol. The third-order valence-corrected chi connectivity index (χ3v) is 5.75. The first-order chi connectivity index (χ1) is 9.65. The van der Waals surface area contributed by atoms with Crippen LogP contribution in [0.4, 0.5) is 0 Å². The van der Waals surface area contributed by atoms with Crippen LogP contribution in [0.1, 0.15) is 39.0 Å². The van der Waals surface area contributed by atoms with E-state index in [0.717, 1.165) is 19.0 Å². The van der Waals surface area contributed by atoms with Crippen LogP contribution in [0.25, 0.3) is 0 Å². The van der Waals surface area contributed by atoms with Gasteiger partial charge in [-0.3, -0.25) is 4.79 Å². The van der Waals surface area contributed by atoms with Crippen LogP contribution in [-0.2, 0) is 4.79 Å². The van der Waals surface area contributed by atoms with Gasteiger partial charge in [-0.25, -0.2) is 0 Å². The highest BCUT2D eigenvalue weighted by Crippen LogP contribution is 2.47. The van der Waals surface area contributed by atoms with E-state index < -0.39 is 0 Å². The molecule has 0 aromatic rings. The largest absolute Gasteiger partial charge is 0.355 e. The summed E-state index contributed by atoms with van der Waals surface area (Å²) in [5.74, 6) is 2.28. The third kappa shape index (κ3) is 4.28. The van der Waals surface area contributed by atoms with Crippen molar-refractivity contribution >= 4 is 30.7 Å². The SMILES string of the molecule is CC1CCCN(CCNC(=O)C2C3CCC(C3)C2N)C1.Cl.Cl. The zero-order chi connectivity index (χ0) is 14.1.